The summed E-state index contributed by atoms with van der Waals surface area (Å²) in [5.74, 6) is -1.53. The van der Waals surface area contributed by atoms with Gasteiger partial charge in [-0.2, -0.15) is 0 Å². The number of carbonyl (C=O) groups excluding carboxylic acids is 2. The van der Waals surface area contributed by atoms with Gasteiger partial charge in [0.1, 0.15) is 84.3 Å². The zero-order chi connectivity index (χ0) is 92.0. The van der Waals surface area contributed by atoms with E-state index in [0.29, 0.717) is 39.3 Å². The SMILES string of the molecule is [BH3-][P+](OCC[N+]#[C-])(OC[C@H]1O[C@@H](n2cnc3c(NC(=O)c4ccccc4)ncnc32)[C@@H](F)C1O)OC1[C@@H](CO)O[C@@H](n2cc(F)c3c(=O)[nH]cnc32)[C@H]1F.[BH3-][P+](OCC[N+]#[C-])(OC[C@H]1O[C@@H](n2cnc3c(NC(=O)c4ccccc4)ncnc32)[C@@H](F)C1OC(c1ccccc1)(c1ccc(OC)cc1)c1ccc(OC)cc1)OC1[C@@H](CC)O[C@@H](n2cc(F)c3c(=O)[nH]cnc32)[C@H]1F. The lowest BCUT2D eigenvalue weighted by molar-refractivity contribution is -0.104. The number of fused-ring (bicyclic) bond motifs is 4. The molecule has 47 heteroatoms. The zero-order valence-electron chi connectivity index (χ0n) is 68.1. The molecule has 18 atom stereocenters. The first-order valence-electron chi connectivity index (χ1n) is 39.9. The van der Waals surface area contributed by atoms with Gasteiger partial charge >= 0.3 is 0 Å². The number of anilines is 2. The number of aromatic nitrogens is 14. The van der Waals surface area contributed by atoms with Crippen molar-refractivity contribution in [2.24, 2.45) is 0 Å². The van der Waals surface area contributed by atoms with Gasteiger partial charge in [0, 0.05) is 23.5 Å². The Morgan fingerprint density at radius 2 is 0.924 bits per heavy atom. The maximum atomic E-state index is 18.4. The summed E-state index contributed by atoms with van der Waals surface area (Å²) in [7, 11) is -6.29. The van der Waals surface area contributed by atoms with E-state index >= 15 is 22.0 Å². The summed E-state index contributed by atoms with van der Waals surface area (Å²) in [6.45, 7) is 14.3. The normalized spacial score (nSPS) is 24.0. The minimum atomic E-state index is -3.54. The number of methoxy groups -OCH3 is 2. The van der Waals surface area contributed by atoms with E-state index in [1.807, 2.05) is 54.6 Å². The van der Waals surface area contributed by atoms with E-state index in [9.17, 15) is 33.8 Å². The molecule has 5 aromatic carbocycles. The lowest BCUT2D eigenvalue weighted by Crippen LogP contribution is -2.44. The van der Waals surface area contributed by atoms with Gasteiger partial charge in [-0.3, -0.25) is 37.4 Å². The van der Waals surface area contributed by atoms with Crippen molar-refractivity contribution < 1.29 is 106 Å². The number of carbonyl (C=O) groups is 2. The van der Waals surface area contributed by atoms with Gasteiger partial charge in [0.05, 0.1) is 52.2 Å². The molecule has 2 amide bonds. The summed E-state index contributed by atoms with van der Waals surface area (Å²) in [5, 5.41) is 25.7. The van der Waals surface area contributed by atoms with Gasteiger partial charge in [0.15, 0.2) is 132 Å². The number of hydrogen-bond acceptors (Lipinski definition) is 27. The quantitative estimate of drug-likeness (QED) is 0.00558. The van der Waals surface area contributed by atoms with Crippen molar-refractivity contribution >= 4 is 98.6 Å². The molecule has 6 unspecified atom stereocenters. The third-order valence-electron chi connectivity index (χ3n) is 21.6. The molecule has 37 nitrogen and oxygen atoms in total. The first-order chi connectivity index (χ1) is 63.4. The topological polar surface area (TPSA) is 416 Å². The summed E-state index contributed by atoms with van der Waals surface area (Å²) in [4.78, 5) is 96.1. The van der Waals surface area contributed by atoms with E-state index in [0.717, 1.165) is 40.5 Å². The number of nitrogens with one attached hydrogen (secondary N) is 4. The fraction of sp³-hybridized carbons (Fsp3) is 0.333. The standard InChI is InChI=1S/C53H52BF3N9O10P.C31H32BF3N9O9P/c1-5-38-45(42(57)51(73-38)65-26-37(55)40-47(65)60-29-62-50(40)68)76-77(54,71-25-24-58-2)72-27-39-44(41(56)52(74-39)66-30-63-43-46(59-28-61-48(43)66)64-49(67)31-12-8-6-9-13-31)75-53(32-14-10-7-11-15-32,33-16-20-35(69-3)21-17-33)34-18-22-36(70-4)23-19-34;1-36-7-8-49-54(32,53-24-17(10-45)51-31(21(24)35)43-9-16(33)19-26(43)38-13-40-29(19)48)50-11-18-23(46)20(34)30(52-18)44-14-41-22-25(37-12-39-27(22)44)42-28(47)15-5-3-2-4-6-15/h6-23,26,28-30,38-39,41-42,44-45,51-52H,5,24-25,27H2,1,3-4,54H3,(H,60,62,68)(H,59,61,64,67);2-6,9,12-14,17-18,20-21,23-24,30-31,45-46H,7-8,10-11H2,32H3,(H,38,40,48)(H,37,39,42,47)/t38-,39-,41+,42+,44?,45?,51-,52-,77?;17-,18-,20+,21+,23?,24?,30-,31-,54?/m11/s1. The smallest absolute Gasteiger partial charge is 0.263 e. The van der Waals surface area contributed by atoms with Crippen LogP contribution < -0.4 is 31.2 Å². The van der Waals surface area contributed by atoms with Crippen molar-refractivity contribution in [3.63, 3.8) is 0 Å². The van der Waals surface area contributed by atoms with Crippen LogP contribution in [0.3, 0.4) is 0 Å². The van der Waals surface area contributed by atoms with Gasteiger partial charge < -0.3 is 73.7 Å². The summed E-state index contributed by atoms with van der Waals surface area (Å²) in [6, 6.07) is 40.6. The molecule has 8 aromatic heterocycles. The van der Waals surface area contributed by atoms with Crippen molar-refractivity contribution in [3.05, 3.63) is 273 Å². The van der Waals surface area contributed by atoms with Crippen LogP contribution in [0.1, 0.15) is 75.7 Å². The molecule has 4 fully saturated rings. The van der Waals surface area contributed by atoms with Crippen LogP contribution in [0.4, 0.5) is 38.0 Å². The molecule has 131 heavy (non-hydrogen) atoms. The zero-order valence-corrected chi connectivity index (χ0v) is 69.8. The second-order valence-electron chi connectivity index (χ2n) is 29.2. The molecule has 4 aliphatic heterocycles. The highest BCUT2D eigenvalue weighted by Crippen LogP contribution is 2.63. The lowest BCUT2D eigenvalue weighted by atomic mass is 9.79. The van der Waals surface area contributed by atoms with Crippen LogP contribution in [0.2, 0.25) is 0 Å². The van der Waals surface area contributed by atoms with Gasteiger partial charge in [-0.1, -0.05) is 97.9 Å². The van der Waals surface area contributed by atoms with E-state index < -0.39 is 195 Å². The lowest BCUT2D eigenvalue weighted by Gasteiger charge is -2.39. The number of aliphatic hydroxyl groups excluding tert-OH is 2. The average molecular weight is 1850 g/mol. The van der Waals surface area contributed by atoms with Gasteiger partial charge in [-0.15, -0.1) is 0 Å². The number of aliphatic hydroxyl groups is 2. The summed E-state index contributed by atoms with van der Waals surface area (Å²) in [6.07, 6.45) is -15.8. The maximum absolute atomic E-state index is 18.4. The van der Waals surface area contributed by atoms with Crippen molar-refractivity contribution in [1.29, 1.82) is 0 Å². The number of amides is 2. The summed E-state index contributed by atoms with van der Waals surface area (Å²) in [5.41, 5.74) is -0.357. The summed E-state index contributed by atoms with van der Waals surface area (Å²) >= 11 is 0. The summed E-state index contributed by atoms with van der Waals surface area (Å²) < 4.78 is 183. The second kappa shape index (κ2) is 39.7. The minimum Gasteiger partial charge on any atom is -0.497 e. The molecular formula is C84H84B2F6N18O19P2. The minimum absolute atomic E-state index is 0.0649. The Kier molecular flexibility index (Phi) is 27.9. The number of halogens is 6. The Morgan fingerprint density at radius 1 is 0.519 bits per heavy atom. The molecule has 4 aliphatic rings. The number of H-pyrrole nitrogens is 2. The number of alkyl halides is 4. The molecule has 17 rings (SSSR count). The fourth-order valence-corrected chi connectivity index (χ4v) is 17.6. The molecule has 4 saturated heterocycles. The fourth-order valence-electron chi connectivity index (χ4n) is 15.3. The van der Waals surface area contributed by atoms with E-state index in [2.05, 4.69) is 70.2 Å². The van der Waals surface area contributed by atoms with Gasteiger partial charge in [-0.25, -0.2) is 107 Å². The van der Waals surface area contributed by atoms with E-state index in [4.69, 9.17) is 73.4 Å². The first kappa shape index (κ1) is 91.9. The second-order valence-corrected chi connectivity index (χ2v) is 31.5. The third kappa shape index (κ3) is 18.6. The van der Waals surface area contributed by atoms with Crippen LogP contribution in [-0.4, -0.2) is 239 Å². The van der Waals surface area contributed by atoms with Crippen molar-refractivity contribution in [2.75, 3.05) is 71.0 Å². The highest BCUT2D eigenvalue weighted by Gasteiger charge is 2.58. The number of ether oxygens (including phenoxy) is 7. The molecule has 6 N–H and O–H groups in total. The van der Waals surface area contributed by atoms with Crippen LogP contribution in [0, 0.1) is 24.8 Å². The Bertz CT molecular complexity index is 6400. The Balaban J connectivity index is 0.000000204. The van der Waals surface area contributed by atoms with E-state index in [1.54, 1.807) is 106 Å². The molecule has 682 valence electrons. The first-order valence-corrected chi connectivity index (χ1v) is 42.1. The molecule has 0 bridgehead atoms. The number of nitrogens with zero attached hydrogens (tertiary/aromatic N) is 14. The van der Waals surface area contributed by atoms with Crippen LogP contribution in [0.5, 0.6) is 11.5 Å². The Hall–Kier alpha value is -12.4. The van der Waals surface area contributed by atoms with Crippen LogP contribution >= 0.6 is 15.6 Å². The molecule has 0 spiro atoms. The molecule has 12 heterocycles. The number of aromatic amines is 2. The predicted octanol–water partition coefficient (Wildman–Crippen LogP) is 8.77. The number of rotatable bonds is 33. The average Bonchev–Trinajstić information content (AvgIpc) is 1.72. The highest BCUT2D eigenvalue weighted by atomic mass is 31.2. The largest absolute Gasteiger partial charge is 0.497 e. The third-order valence-corrected chi connectivity index (χ3v) is 23.9. The molecule has 13 aromatic rings. The van der Waals surface area contributed by atoms with Crippen molar-refractivity contribution in [1.82, 2.24) is 68.1 Å². The van der Waals surface area contributed by atoms with Crippen LogP contribution in [-0.2, 0) is 56.4 Å². The Morgan fingerprint density at radius 3 is 1.37 bits per heavy atom. The molecule has 0 radical (unpaired) electrons. The van der Waals surface area contributed by atoms with Gasteiger partial charge in [-0.05, 0) is 71.6 Å². The maximum Gasteiger partial charge on any atom is 0.263 e. The molecule has 0 aliphatic carbocycles. The Labute approximate surface area is 742 Å². The van der Waals surface area contributed by atoms with Crippen LogP contribution in [0.25, 0.3) is 54.1 Å². The highest BCUT2D eigenvalue weighted by molar-refractivity contribution is 7.86. The number of hydrogen-bond donors (Lipinski definition) is 6. The van der Waals surface area contributed by atoms with Gasteiger partial charge in [0.25, 0.3) is 22.9 Å². The van der Waals surface area contributed by atoms with Crippen molar-refractivity contribution in [2.45, 2.75) is 117 Å². The van der Waals surface area contributed by atoms with E-state index in [1.165, 1.54) is 28.1 Å². The van der Waals surface area contributed by atoms with Crippen LogP contribution in [0.15, 0.2) is 199 Å². The molecular weight excluding hydrogens is 1760 g/mol. The number of imidazole rings is 2. The number of benzene rings is 5. The predicted molar refractivity (Wildman–Crippen MR) is 466 cm³/mol. The van der Waals surface area contributed by atoms with Crippen molar-refractivity contribution in [3.8, 4) is 11.5 Å². The van der Waals surface area contributed by atoms with Gasteiger partial charge in [0.2, 0.25) is 43.9 Å². The van der Waals surface area contributed by atoms with E-state index in [-0.39, 0.29) is 83.4 Å². The monoisotopic (exact) mass is 1850 g/mol. The molecule has 0 saturated carbocycles.